The summed E-state index contributed by atoms with van der Waals surface area (Å²) in [7, 11) is 1.48. The first kappa shape index (κ1) is 14.2. The second kappa shape index (κ2) is 5.57. The van der Waals surface area contributed by atoms with Crippen molar-refractivity contribution >= 4 is 28.3 Å². The van der Waals surface area contributed by atoms with Gasteiger partial charge in [-0.1, -0.05) is 17.4 Å². The van der Waals surface area contributed by atoms with Crippen molar-refractivity contribution in [1.29, 1.82) is 0 Å². The van der Waals surface area contributed by atoms with Crippen molar-refractivity contribution in [2.45, 2.75) is 6.92 Å². The number of hydrogen-bond acceptors (Lipinski definition) is 7. The van der Waals surface area contributed by atoms with Gasteiger partial charge < -0.3 is 9.47 Å². The normalized spacial score (nSPS) is 11.8. The van der Waals surface area contributed by atoms with Gasteiger partial charge >= 0.3 is 5.97 Å². The monoisotopic (exact) mass is 317 g/mol. The molecule has 3 aromatic rings. The van der Waals surface area contributed by atoms with Crippen molar-refractivity contribution in [3.8, 4) is 11.5 Å². The van der Waals surface area contributed by atoms with Crippen LogP contribution < -0.4 is 19.6 Å². The van der Waals surface area contributed by atoms with Crippen LogP contribution in [0.15, 0.2) is 29.3 Å². The standard InChI is InChI=1S/C14H11N3O4S/c1-8(18)21-10-4-3-9(5-11(10)20-2)6-12-13(19)17-14(22-12)15-7-16-17/h3-7H,1-2H3/b12-6-. The average Bonchev–Trinajstić information content (AvgIpc) is 3.04. The Hall–Kier alpha value is -2.74. The van der Waals surface area contributed by atoms with Gasteiger partial charge in [-0.15, -0.1) is 0 Å². The smallest absolute Gasteiger partial charge is 0.308 e. The van der Waals surface area contributed by atoms with E-state index in [-0.39, 0.29) is 5.56 Å². The maximum atomic E-state index is 12.1. The van der Waals surface area contributed by atoms with Gasteiger partial charge in [-0.2, -0.15) is 9.61 Å². The van der Waals surface area contributed by atoms with Crippen LogP contribution in [-0.4, -0.2) is 27.7 Å². The number of esters is 1. The zero-order valence-electron chi connectivity index (χ0n) is 11.8. The molecule has 112 valence electrons. The zero-order chi connectivity index (χ0) is 15.7. The molecule has 0 amide bonds. The molecule has 0 aliphatic heterocycles. The van der Waals surface area contributed by atoms with Gasteiger partial charge in [0.1, 0.15) is 6.33 Å². The Morgan fingerprint density at radius 2 is 2.18 bits per heavy atom. The quantitative estimate of drug-likeness (QED) is 0.520. The number of nitrogens with zero attached hydrogens (tertiary/aromatic N) is 3. The second-order valence-electron chi connectivity index (χ2n) is 4.37. The third-order valence-corrected chi connectivity index (χ3v) is 3.83. The van der Waals surface area contributed by atoms with Crippen LogP contribution in [0.3, 0.4) is 0 Å². The van der Waals surface area contributed by atoms with E-state index in [2.05, 4.69) is 10.1 Å². The van der Waals surface area contributed by atoms with Gasteiger partial charge in [0.25, 0.3) is 5.56 Å². The lowest BCUT2D eigenvalue weighted by Crippen LogP contribution is -2.23. The minimum absolute atomic E-state index is 0.222. The molecule has 0 aliphatic carbocycles. The Morgan fingerprint density at radius 1 is 1.36 bits per heavy atom. The van der Waals surface area contributed by atoms with Gasteiger partial charge in [0, 0.05) is 6.92 Å². The molecule has 0 fully saturated rings. The topological polar surface area (TPSA) is 82.8 Å². The van der Waals surface area contributed by atoms with Crippen molar-refractivity contribution in [3.63, 3.8) is 0 Å². The summed E-state index contributed by atoms with van der Waals surface area (Å²) in [5.74, 6) is 0.315. The number of thiazole rings is 1. The molecule has 7 nitrogen and oxygen atoms in total. The van der Waals surface area contributed by atoms with E-state index in [0.717, 1.165) is 5.56 Å². The summed E-state index contributed by atoms with van der Waals surface area (Å²) in [5, 5.41) is 3.86. The molecule has 0 bridgehead atoms. The summed E-state index contributed by atoms with van der Waals surface area (Å²) in [6.07, 6.45) is 3.05. The summed E-state index contributed by atoms with van der Waals surface area (Å²) >= 11 is 1.25. The molecule has 8 heteroatoms. The molecule has 0 radical (unpaired) electrons. The Kier molecular flexibility index (Phi) is 3.60. The highest BCUT2D eigenvalue weighted by atomic mass is 32.1. The van der Waals surface area contributed by atoms with Crippen molar-refractivity contribution < 1.29 is 14.3 Å². The SMILES string of the molecule is COc1cc(/C=c2\sc3ncnn3c2=O)ccc1OC(C)=O. The van der Waals surface area contributed by atoms with Crippen molar-refractivity contribution in [2.24, 2.45) is 0 Å². The van der Waals surface area contributed by atoms with E-state index in [9.17, 15) is 9.59 Å². The third kappa shape index (κ3) is 2.56. The highest BCUT2D eigenvalue weighted by Gasteiger charge is 2.09. The van der Waals surface area contributed by atoms with E-state index in [0.29, 0.717) is 21.0 Å². The van der Waals surface area contributed by atoms with Crippen molar-refractivity contribution in [1.82, 2.24) is 14.6 Å². The lowest BCUT2D eigenvalue weighted by atomic mass is 10.2. The predicted octanol–water partition coefficient (Wildman–Crippen LogP) is 0.633. The highest BCUT2D eigenvalue weighted by Crippen LogP contribution is 2.28. The minimum Gasteiger partial charge on any atom is -0.493 e. The Labute approximate surface area is 128 Å². The molecule has 1 aromatic carbocycles. The number of hydrogen-bond donors (Lipinski definition) is 0. The summed E-state index contributed by atoms with van der Waals surface area (Å²) in [4.78, 5) is 27.7. The van der Waals surface area contributed by atoms with E-state index in [1.165, 1.54) is 36.2 Å². The van der Waals surface area contributed by atoms with Gasteiger partial charge in [0.05, 0.1) is 11.6 Å². The van der Waals surface area contributed by atoms with Crippen LogP contribution in [0.5, 0.6) is 11.5 Å². The maximum Gasteiger partial charge on any atom is 0.308 e. The number of rotatable bonds is 3. The number of carbonyl (C=O) groups is 1. The van der Waals surface area contributed by atoms with Gasteiger partial charge in [0.2, 0.25) is 4.96 Å². The second-order valence-corrected chi connectivity index (χ2v) is 5.38. The minimum atomic E-state index is -0.428. The van der Waals surface area contributed by atoms with Gasteiger partial charge in [-0.05, 0) is 23.8 Å². The Morgan fingerprint density at radius 3 is 2.86 bits per heavy atom. The first-order valence-electron chi connectivity index (χ1n) is 6.29. The molecular formula is C14H11N3O4S. The zero-order valence-corrected chi connectivity index (χ0v) is 12.6. The van der Waals surface area contributed by atoms with E-state index >= 15 is 0 Å². The number of carbonyl (C=O) groups excluding carboxylic acids is 1. The summed E-state index contributed by atoms with van der Waals surface area (Å²) in [6, 6.07) is 5.04. The van der Waals surface area contributed by atoms with E-state index in [4.69, 9.17) is 9.47 Å². The molecule has 3 rings (SSSR count). The number of benzene rings is 1. The molecule has 0 saturated heterocycles. The summed E-state index contributed by atoms with van der Waals surface area (Å²) < 4.78 is 12.0. The maximum absolute atomic E-state index is 12.1. The summed E-state index contributed by atoms with van der Waals surface area (Å²) in [5.41, 5.74) is 0.523. The average molecular weight is 317 g/mol. The first-order chi connectivity index (χ1) is 10.6. The highest BCUT2D eigenvalue weighted by molar-refractivity contribution is 7.15. The molecular weight excluding hydrogens is 306 g/mol. The van der Waals surface area contributed by atoms with E-state index in [1.807, 2.05) is 0 Å². The molecule has 0 unspecified atom stereocenters. The predicted molar refractivity (Wildman–Crippen MR) is 80.2 cm³/mol. The van der Waals surface area contributed by atoms with Gasteiger partial charge in [0.15, 0.2) is 11.5 Å². The largest absolute Gasteiger partial charge is 0.493 e. The number of methoxy groups -OCH3 is 1. The fraction of sp³-hybridized carbons (Fsp3) is 0.143. The van der Waals surface area contributed by atoms with Crippen LogP contribution in [0.4, 0.5) is 0 Å². The fourth-order valence-electron chi connectivity index (χ4n) is 1.94. The third-order valence-electron chi connectivity index (χ3n) is 2.86. The molecule has 2 aromatic heterocycles. The van der Waals surface area contributed by atoms with Gasteiger partial charge in [-0.25, -0.2) is 4.98 Å². The molecule has 0 atom stereocenters. The Bertz CT molecular complexity index is 960. The molecule has 2 heterocycles. The molecule has 22 heavy (non-hydrogen) atoms. The first-order valence-corrected chi connectivity index (χ1v) is 7.11. The molecule has 0 spiro atoms. The van der Waals surface area contributed by atoms with Crippen LogP contribution in [0.25, 0.3) is 11.0 Å². The van der Waals surface area contributed by atoms with Crippen LogP contribution in [0, 0.1) is 0 Å². The van der Waals surface area contributed by atoms with Crippen molar-refractivity contribution in [2.75, 3.05) is 7.11 Å². The lowest BCUT2D eigenvalue weighted by Gasteiger charge is -2.08. The van der Waals surface area contributed by atoms with Crippen molar-refractivity contribution in [3.05, 3.63) is 45.0 Å². The van der Waals surface area contributed by atoms with Crippen LogP contribution in [0.1, 0.15) is 12.5 Å². The van der Waals surface area contributed by atoms with E-state index < -0.39 is 5.97 Å². The van der Waals surface area contributed by atoms with Crippen LogP contribution in [0.2, 0.25) is 0 Å². The fourth-order valence-corrected chi connectivity index (χ4v) is 2.82. The molecule has 0 aliphatic rings. The number of aromatic nitrogens is 3. The summed E-state index contributed by atoms with van der Waals surface area (Å²) in [6.45, 7) is 1.32. The van der Waals surface area contributed by atoms with Crippen LogP contribution in [-0.2, 0) is 4.79 Å². The Balaban J connectivity index is 2.07. The molecule has 0 saturated carbocycles. The molecule has 0 N–H and O–H groups in total. The lowest BCUT2D eigenvalue weighted by molar-refractivity contribution is -0.132. The number of fused-ring (bicyclic) bond motifs is 1. The van der Waals surface area contributed by atoms with E-state index in [1.54, 1.807) is 24.3 Å². The van der Waals surface area contributed by atoms with Gasteiger partial charge in [-0.3, -0.25) is 9.59 Å². The number of ether oxygens (including phenoxy) is 2. The van der Waals surface area contributed by atoms with Crippen LogP contribution >= 0.6 is 11.3 Å².